The van der Waals surface area contributed by atoms with Crippen LogP contribution in [-0.2, 0) is 19.1 Å². The molecule has 0 radical (unpaired) electrons. The van der Waals surface area contributed by atoms with Gasteiger partial charge in [0.1, 0.15) is 11.0 Å². The van der Waals surface area contributed by atoms with Crippen LogP contribution in [0.1, 0.15) is 25.7 Å². The number of epoxide rings is 1. The molecule has 3 saturated carbocycles. The van der Waals surface area contributed by atoms with Crippen LogP contribution < -0.4 is 0 Å². The average Bonchev–Trinajstić information content (AvgIpc) is 3.12. The quantitative estimate of drug-likeness (QED) is 0.405. The van der Waals surface area contributed by atoms with E-state index in [1.807, 2.05) is 0 Å². The Hall–Kier alpha value is -0.940. The van der Waals surface area contributed by atoms with Crippen LogP contribution in [0.5, 0.6) is 0 Å². The molecule has 4 fully saturated rings. The van der Waals surface area contributed by atoms with Crippen molar-refractivity contribution in [3.63, 3.8) is 0 Å². The molecule has 98 valence electrons. The number of esters is 1. The number of methoxy groups -OCH3 is 1. The van der Waals surface area contributed by atoms with Crippen molar-refractivity contribution < 1.29 is 24.2 Å². The number of aliphatic hydroxyl groups is 1. The van der Waals surface area contributed by atoms with Gasteiger partial charge >= 0.3 is 5.97 Å². The van der Waals surface area contributed by atoms with Crippen molar-refractivity contribution in [2.45, 2.75) is 37.4 Å². The van der Waals surface area contributed by atoms with E-state index in [0.29, 0.717) is 32.3 Å². The molecule has 0 aromatic carbocycles. The van der Waals surface area contributed by atoms with Gasteiger partial charge in [0.2, 0.25) is 0 Å². The number of fused-ring (bicyclic) bond motifs is 1. The van der Waals surface area contributed by atoms with E-state index in [4.69, 9.17) is 9.47 Å². The van der Waals surface area contributed by atoms with Gasteiger partial charge in [0.15, 0.2) is 5.78 Å². The van der Waals surface area contributed by atoms with Gasteiger partial charge in [-0.2, -0.15) is 0 Å². The maximum absolute atomic E-state index is 12.4. The molecule has 1 spiro atoms. The number of hydrogen-bond acceptors (Lipinski definition) is 5. The number of carbonyl (C=O) groups is 2. The standard InChI is InChI=1S/C13H16O5/c1-17-10(16)13-7-2-3-8(14)11(13,5-4-9(13)15)12(7)6-18-12/h7-8,14H,2-6H2,1H3/t7-,8-,11+,12-,13-/m1/s1. The summed E-state index contributed by atoms with van der Waals surface area (Å²) >= 11 is 0. The maximum Gasteiger partial charge on any atom is 0.320 e. The SMILES string of the molecule is COC(=O)[C@@]12C(=O)CC[C@@]13[C@H](O)CC[C@@H]2[C@]31CO1. The third-order valence-corrected chi connectivity index (χ3v) is 5.99. The van der Waals surface area contributed by atoms with Crippen LogP contribution in [0, 0.1) is 16.7 Å². The molecule has 1 N–H and O–H groups in total. The molecule has 18 heavy (non-hydrogen) atoms. The summed E-state index contributed by atoms with van der Waals surface area (Å²) in [5.74, 6) is -0.607. The van der Waals surface area contributed by atoms with Crippen LogP contribution in [0.4, 0.5) is 0 Å². The molecular weight excluding hydrogens is 236 g/mol. The molecule has 0 aromatic rings. The van der Waals surface area contributed by atoms with E-state index in [9.17, 15) is 14.7 Å². The third kappa shape index (κ3) is 0.703. The summed E-state index contributed by atoms with van der Waals surface area (Å²) < 4.78 is 10.5. The smallest absolute Gasteiger partial charge is 0.320 e. The average molecular weight is 252 g/mol. The highest BCUT2D eigenvalue weighted by molar-refractivity contribution is 6.09. The molecule has 0 aromatic heterocycles. The summed E-state index contributed by atoms with van der Waals surface area (Å²) in [5, 5.41) is 10.4. The Morgan fingerprint density at radius 3 is 2.83 bits per heavy atom. The van der Waals surface area contributed by atoms with Crippen molar-refractivity contribution in [2.75, 3.05) is 13.7 Å². The van der Waals surface area contributed by atoms with Crippen LogP contribution in [0.15, 0.2) is 0 Å². The molecule has 1 heterocycles. The first-order valence-corrected chi connectivity index (χ1v) is 6.51. The second-order valence-corrected chi connectivity index (χ2v) is 6.02. The second-order valence-electron chi connectivity index (χ2n) is 6.02. The Labute approximate surface area is 104 Å². The fraction of sp³-hybridized carbons (Fsp3) is 0.846. The molecule has 1 aliphatic heterocycles. The van der Waals surface area contributed by atoms with Crippen molar-refractivity contribution in [1.29, 1.82) is 0 Å². The zero-order valence-electron chi connectivity index (χ0n) is 10.3. The number of ketones is 1. The van der Waals surface area contributed by atoms with Crippen LogP contribution in [0.25, 0.3) is 0 Å². The molecule has 5 heteroatoms. The lowest BCUT2D eigenvalue weighted by Gasteiger charge is -2.67. The second kappa shape index (κ2) is 2.80. The first-order chi connectivity index (χ1) is 8.58. The van der Waals surface area contributed by atoms with E-state index < -0.39 is 28.5 Å². The predicted molar refractivity (Wildman–Crippen MR) is 58.5 cm³/mol. The Morgan fingerprint density at radius 2 is 2.22 bits per heavy atom. The van der Waals surface area contributed by atoms with E-state index in [2.05, 4.69) is 0 Å². The molecule has 0 unspecified atom stereocenters. The van der Waals surface area contributed by atoms with E-state index in [1.165, 1.54) is 7.11 Å². The van der Waals surface area contributed by atoms with Gasteiger partial charge in [0.05, 0.1) is 25.2 Å². The molecular formula is C13H16O5. The van der Waals surface area contributed by atoms with Gasteiger partial charge < -0.3 is 14.6 Å². The lowest BCUT2D eigenvalue weighted by molar-refractivity contribution is -0.271. The monoisotopic (exact) mass is 252 g/mol. The first kappa shape index (κ1) is 10.9. The van der Waals surface area contributed by atoms with Gasteiger partial charge in [-0.3, -0.25) is 9.59 Å². The lowest BCUT2D eigenvalue weighted by atomic mass is 9.33. The number of ether oxygens (including phenoxy) is 2. The highest BCUT2D eigenvalue weighted by Crippen LogP contribution is 2.83. The summed E-state index contributed by atoms with van der Waals surface area (Å²) in [6, 6.07) is 0. The number of Topliss-reactive ketones (excluding diaryl/α,β-unsaturated/α-hetero) is 1. The van der Waals surface area contributed by atoms with Crippen molar-refractivity contribution in [2.24, 2.45) is 16.7 Å². The van der Waals surface area contributed by atoms with Gasteiger partial charge in [-0.15, -0.1) is 0 Å². The summed E-state index contributed by atoms with van der Waals surface area (Å²) in [4.78, 5) is 24.6. The molecule has 0 amide bonds. The minimum absolute atomic E-state index is 0.0563. The van der Waals surface area contributed by atoms with Crippen molar-refractivity contribution >= 4 is 11.8 Å². The number of rotatable bonds is 1. The summed E-state index contributed by atoms with van der Waals surface area (Å²) in [7, 11) is 1.32. The van der Waals surface area contributed by atoms with Gasteiger partial charge in [0.25, 0.3) is 0 Å². The van der Waals surface area contributed by atoms with Crippen LogP contribution in [0.2, 0.25) is 0 Å². The van der Waals surface area contributed by atoms with Gasteiger partial charge in [0, 0.05) is 12.3 Å². The Balaban J connectivity index is 1.94. The van der Waals surface area contributed by atoms with Crippen LogP contribution in [0.3, 0.4) is 0 Å². The largest absolute Gasteiger partial charge is 0.468 e. The molecule has 2 bridgehead atoms. The predicted octanol–water partition coefficient (Wildman–Crippen LogP) is 0.0486. The Morgan fingerprint density at radius 1 is 1.50 bits per heavy atom. The molecule has 4 aliphatic rings. The zero-order chi connectivity index (χ0) is 12.8. The fourth-order valence-corrected chi connectivity index (χ4v) is 5.46. The Bertz CT molecular complexity index is 468. The third-order valence-electron chi connectivity index (χ3n) is 5.99. The normalized spacial score (nSPS) is 56.0. The molecule has 5 nitrogen and oxygen atoms in total. The van der Waals surface area contributed by atoms with Gasteiger partial charge in [-0.05, 0) is 19.3 Å². The van der Waals surface area contributed by atoms with Crippen molar-refractivity contribution in [1.82, 2.24) is 0 Å². The number of hydrogen-bond donors (Lipinski definition) is 1. The molecule has 3 aliphatic carbocycles. The summed E-state index contributed by atoms with van der Waals surface area (Å²) in [6.07, 6.45) is 1.60. The van der Waals surface area contributed by atoms with Crippen LogP contribution >= 0.6 is 0 Å². The molecule has 4 rings (SSSR count). The topological polar surface area (TPSA) is 76.1 Å². The van der Waals surface area contributed by atoms with Crippen LogP contribution in [-0.4, -0.2) is 42.3 Å². The van der Waals surface area contributed by atoms with E-state index in [1.54, 1.807) is 0 Å². The molecule has 1 saturated heterocycles. The van der Waals surface area contributed by atoms with E-state index >= 15 is 0 Å². The van der Waals surface area contributed by atoms with Gasteiger partial charge in [-0.1, -0.05) is 0 Å². The summed E-state index contributed by atoms with van der Waals surface area (Å²) in [5.41, 5.74) is -2.23. The Kier molecular flexibility index (Phi) is 1.70. The lowest BCUT2D eigenvalue weighted by Crippen LogP contribution is -2.80. The van der Waals surface area contributed by atoms with E-state index in [-0.39, 0.29) is 11.7 Å². The highest BCUT2D eigenvalue weighted by atomic mass is 16.6. The first-order valence-electron chi connectivity index (χ1n) is 6.51. The van der Waals surface area contributed by atoms with Gasteiger partial charge in [-0.25, -0.2) is 0 Å². The summed E-state index contributed by atoms with van der Waals surface area (Å²) in [6.45, 7) is 0.570. The fourth-order valence-electron chi connectivity index (χ4n) is 5.46. The van der Waals surface area contributed by atoms with E-state index in [0.717, 1.165) is 0 Å². The number of carbonyl (C=O) groups excluding carboxylic acids is 2. The number of aliphatic hydroxyl groups excluding tert-OH is 1. The molecule has 5 atom stereocenters. The zero-order valence-corrected chi connectivity index (χ0v) is 10.3. The minimum Gasteiger partial charge on any atom is -0.468 e. The highest BCUT2D eigenvalue weighted by Gasteiger charge is 2.95. The van der Waals surface area contributed by atoms with Crippen molar-refractivity contribution in [3.8, 4) is 0 Å². The maximum atomic E-state index is 12.4. The van der Waals surface area contributed by atoms with Crippen molar-refractivity contribution in [3.05, 3.63) is 0 Å². The minimum atomic E-state index is -1.12.